The highest BCUT2D eigenvalue weighted by molar-refractivity contribution is 6.30. The topological polar surface area (TPSA) is 81.4 Å². The molecule has 3 atom stereocenters. The normalized spacial score (nSPS) is 22.0. The van der Waals surface area contributed by atoms with Crippen molar-refractivity contribution in [2.24, 2.45) is 11.7 Å². The van der Waals surface area contributed by atoms with Crippen molar-refractivity contribution < 1.29 is 14.3 Å². The van der Waals surface area contributed by atoms with E-state index < -0.39 is 5.41 Å². The molecule has 3 N–H and O–H groups in total. The molecule has 1 saturated carbocycles. The number of hydrogen-bond donors (Lipinski definition) is 2. The van der Waals surface area contributed by atoms with E-state index in [0.717, 1.165) is 16.7 Å². The van der Waals surface area contributed by atoms with Crippen LogP contribution in [0.1, 0.15) is 40.2 Å². The lowest BCUT2D eigenvalue weighted by Gasteiger charge is -2.25. The van der Waals surface area contributed by atoms with Crippen molar-refractivity contribution in [3.05, 3.63) is 93.5 Å². The highest BCUT2D eigenvalue weighted by Crippen LogP contribution is 2.62. The smallest absolute Gasteiger partial charge is 0.262 e. The number of hydrogen-bond acceptors (Lipinski definition) is 3. The van der Waals surface area contributed by atoms with Crippen molar-refractivity contribution in [2.75, 3.05) is 11.9 Å². The monoisotopic (exact) mass is 460 g/mol. The fourth-order valence-electron chi connectivity index (χ4n) is 5.30. The van der Waals surface area contributed by atoms with E-state index in [-0.39, 0.29) is 30.3 Å². The molecule has 6 heteroatoms. The number of nitrogens with one attached hydrogen (secondary N) is 1. The molecule has 0 spiro atoms. The van der Waals surface area contributed by atoms with Crippen LogP contribution in [0.4, 0.5) is 5.69 Å². The number of benzene rings is 3. The fourth-order valence-corrected chi connectivity index (χ4v) is 5.50. The SMILES string of the molecule is Cc1ccc(C(c2cccc(Cl)c2)C2CC2(C(N)=O)c2ccc3c(c2)OCC(=O)N3)c(C)c1. The van der Waals surface area contributed by atoms with Crippen molar-refractivity contribution in [3.8, 4) is 5.75 Å². The first-order chi connectivity index (χ1) is 15.8. The molecular weight excluding hydrogens is 436 g/mol. The van der Waals surface area contributed by atoms with Crippen LogP contribution in [0.5, 0.6) is 5.75 Å². The molecule has 1 heterocycles. The van der Waals surface area contributed by atoms with Crippen molar-refractivity contribution >= 4 is 29.1 Å². The number of amides is 2. The molecule has 0 saturated heterocycles. The number of nitrogens with two attached hydrogens (primary N) is 1. The van der Waals surface area contributed by atoms with Gasteiger partial charge in [0.15, 0.2) is 6.61 Å². The first-order valence-corrected chi connectivity index (χ1v) is 11.4. The van der Waals surface area contributed by atoms with E-state index in [0.29, 0.717) is 22.9 Å². The lowest BCUT2D eigenvalue weighted by molar-refractivity contribution is -0.121. The zero-order valence-corrected chi connectivity index (χ0v) is 19.3. The largest absolute Gasteiger partial charge is 0.482 e. The highest BCUT2D eigenvalue weighted by atomic mass is 35.5. The first-order valence-electron chi connectivity index (χ1n) is 11.0. The first kappa shape index (κ1) is 21.5. The zero-order chi connectivity index (χ0) is 23.3. The molecule has 0 radical (unpaired) electrons. The summed E-state index contributed by atoms with van der Waals surface area (Å²) in [5.41, 5.74) is 11.2. The summed E-state index contributed by atoms with van der Waals surface area (Å²) in [4.78, 5) is 24.6. The Labute approximate surface area is 197 Å². The Balaban J connectivity index is 1.62. The van der Waals surface area contributed by atoms with E-state index in [9.17, 15) is 9.59 Å². The third-order valence-corrected chi connectivity index (χ3v) is 7.19. The minimum Gasteiger partial charge on any atom is -0.482 e. The van der Waals surface area contributed by atoms with E-state index in [2.05, 4.69) is 43.4 Å². The Kier molecular flexibility index (Phi) is 5.17. The molecular formula is C27H25ClN2O3. The van der Waals surface area contributed by atoms with Crippen LogP contribution in [-0.4, -0.2) is 18.4 Å². The highest BCUT2D eigenvalue weighted by Gasteiger charge is 2.63. The second-order valence-corrected chi connectivity index (χ2v) is 9.52. The number of anilines is 1. The van der Waals surface area contributed by atoms with Gasteiger partial charge in [-0.1, -0.05) is 53.6 Å². The molecule has 0 bridgehead atoms. The number of aryl methyl sites for hydroxylation is 2. The summed E-state index contributed by atoms with van der Waals surface area (Å²) in [6, 6.07) is 19.7. The molecule has 168 valence electrons. The van der Waals surface area contributed by atoms with Crippen LogP contribution in [0.25, 0.3) is 0 Å². The van der Waals surface area contributed by atoms with Crippen LogP contribution in [-0.2, 0) is 15.0 Å². The number of primary amides is 1. The molecule has 5 nitrogen and oxygen atoms in total. The van der Waals surface area contributed by atoms with Crippen molar-refractivity contribution in [3.63, 3.8) is 0 Å². The van der Waals surface area contributed by atoms with E-state index in [4.69, 9.17) is 22.1 Å². The minimum atomic E-state index is -0.829. The van der Waals surface area contributed by atoms with E-state index in [1.54, 1.807) is 6.07 Å². The summed E-state index contributed by atoms with van der Waals surface area (Å²) in [6.45, 7) is 4.13. The summed E-state index contributed by atoms with van der Waals surface area (Å²) in [5.74, 6) is -0.0760. The number of carbonyl (C=O) groups excluding carboxylic acids is 2. The third-order valence-electron chi connectivity index (χ3n) is 6.95. The van der Waals surface area contributed by atoms with Gasteiger partial charge >= 0.3 is 0 Å². The van der Waals surface area contributed by atoms with Crippen LogP contribution >= 0.6 is 11.6 Å². The van der Waals surface area contributed by atoms with E-state index >= 15 is 0 Å². The number of ether oxygens (including phenoxy) is 1. The molecule has 0 aromatic heterocycles. The van der Waals surface area contributed by atoms with Gasteiger partial charge < -0.3 is 15.8 Å². The molecule has 2 aliphatic rings. The molecule has 1 fully saturated rings. The molecule has 5 rings (SSSR count). The van der Waals surface area contributed by atoms with Gasteiger partial charge in [0, 0.05) is 10.9 Å². The summed E-state index contributed by atoms with van der Waals surface area (Å²) < 4.78 is 5.61. The maximum absolute atomic E-state index is 13.0. The van der Waals surface area contributed by atoms with E-state index in [1.165, 1.54) is 11.1 Å². The second kappa shape index (κ2) is 7.92. The Morgan fingerprint density at radius 1 is 1.15 bits per heavy atom. The fraction of sp³-hybridized carbons (Fsp3) is 0.259. The number of fused-ring (bicyclic) bond motifs is 1. The van der Waals surface area contributed by atoms with Gasteiger partial charge in [-0.3, -0.25) is 9.59 Å². The van der Waals surface area contributed by atoms with Crippen LogP contribution in [0.2, 0.25) is 5.02 Å². The van der Waals surface area contributed by atoms with Crippen molar-refractivity contribution in [2.45, 2.75) is 31.6 Å². The van der Waals surface area contributed by atoms with E-state index in [1.807, 2.05) is 30.3 Å². The molecule has 3 aromatic rings. The predicted molar refractivity (Wildman–Crippen MR) is 129 cm³/mol. The van der Waals surface area contributed by atoms with Crippen molar-refractivity contribution in [1.82, 2.24) is 0 Å². The van der Waals surface area contributed by atoms with Gasteiger partial charge in [-0.25, -0.2) is 0 Å². The Morgan fingerprint density at radius 3 is 2.70 bits per heavy atom. The Bertz CT molecular complexity index is 1290. The van der Waals surface area contributed by atoms with Crippen LogP contribution in [0.15, 0.2) is 60.7 Å². The third kappa shape index (κ3) is 3.66. The average molecular weight is 461 g/mol. The molecule has 1 aliphatic carbocycles. The maximum atomic E-state index is 13.0. The number of rotatable bonds is 5. The molecule has 3 unspecified atom stereocenters. The van der Waals surface area contributed by atoms with Crippen LogP contribution in [0, 0.1) is 19.8 Å². The molecule has 33 heavy (non-hydrogen) atoms. The Morgan fingerprint density at radius 2 is 1.97 bits per heavy atom. The minimum absolute atomic E-state index is 0.0360. The second-order valence-electron chi connectivity index (χ2n) is 9.09. The molecule has 1 aliphatic heterocycles. The van der Waals surface area contributed by atoms with Gasteiger partial charge in [0.05, 0.1) is 11.1 Å². The Hall–Kier alpha value is -3.31. The summed E-state index contributed by atoms with van der Waals surface area (Å²) >= 11 is 6.37. The van der Waals surface area contributed by atoms with Gasteiger partial charge in [0.2, 0.25) is 5.91 Å². The van der Waals surface area contributed by atoms with Gasteiger partial charge in [0.1, 0.15) is 5.75 Å². The lowest BCUT2D eigenvalue weighted by Crippen LogP contribution is -2.32. The summed E-state index contributed by atoms with van der Waals surface area (Å²) in [6.07, 6.45) is 0.623. The van der Waals surface area contributed by atoms with Gasteiger partial charge in [-0.05, 0) is 72.7 Å². The maximum Gasteiger partial charge on any atom is 0.262 e. The number of halogens is 1. The van der Waals surface area contributed by atoms with Gasteiger partial charge in [-0.15, -0.1) is 0 Å². The quantitative estimate of drug-likeness (QED) is 0.570. The average Bonchev–Trinajstić information content (AvgIpc) is 3.52. The number of carbonyl (C=O) groups is 2. The standard InChI is InChI=1S/C27H25ClN2O3/c1-15-6-8-20(16(2)10-15)25(17-4-3-5-19(28)11-17)21-13-27(21,26(29)32)18-7-9-22-23(12-18)33-14-24(31)30-22/h3-12,21,25H,13-14H2,1-2H3,(H2,29,32)(H,30,31). The van der Waals surface area contributed by atoms with Gasteiger partial charge in [0.25, 0.3) is 5.91 Å². The van der Waals surface area contributed by atoms with Crippen LogP contribution in [0.3, 0.4) is 0 Å². The summed E-state index contributed by atoms with van der Waals surface area (Å²) in [5, 5.41) is 3.46. The van der Waals surface area contributed by atoms with Crippen LogP contribution < -0.4 is 15.8 Å². The molecule has 3 aromatic carbocycles. The van der Waals surface area contributed by atoms with Gasteiger partial charge in [-0.2, -0.15) is 0 Å². The lowest BCUT2D eigenvalue weighted by atomic mass is 9.79. The predicted octanol–water partition coefficient (Wildman–Crippen LogP) is 4.86. The molecule has 2 amide bonds. The van der Waals surface area contributed by atoms with Crippen molar-refractivity contribution in [1.29, 1.82) is 0 Å². The zero-order valence-electron chi connectivity index (χ0n) is 18.5. The summed E-state index contributed by atoms with van der Waals surface area (Å²) in [7, 11) is 0.